The van der Waals surface area contributed by atoms with Crippen molar-refractivity contribution in [2.75, 3.05) is 0 Å². The van der Waals surface area contributed by atoms with Crippen LogP contribution in [-0.4, -0.2) is 28.2 Å². The molecule has 100 valence electrons. The Morgan fingerprint density at radius 3 is 2.44 bits per heavy atom. The number of hydrogen-bond donors (Lipinski definition) is 2. The summed E-state index contributed by atoms with van der Waals surface area (Å²) in [5, 5.41) is 19.5. The highest BCUT2D eigenvalue weighted by atomic mass is 16.3. The van der Waals surface area contributed by atoms with Crippen LogP contribution in [0.15, 0.2) is 30.3 Å². The summed E-state index contributed by atoms with van der Waals surface area (Å²) in [6, 6.07) is 8.70. The Bertz CT molecular complexity index is 348. The normalized spacial score (nSPS) is 14.2. The zero-order valence-corrected chi connectivity index (χ0v) is 10.9. The zero-order valence-electron chi connectivity index (χ0n) is 10.9. The summed E-state index contributed by atoms with van der Waals surface area (Å²) in [4.78, 5) is 11.8. The number of hydrogen-bond acceptors (Lipinski definition) is 3. The smallest absolute Gasteiger partial charge is 0.191 e. The minimum Gasteiger partial charge on any atom is -0.393 e. The van der Waals surface area contributed by atoms with Crippen LogP contribution >= 0.6 is 0 Å². The van der Waals surface area contributed by atoms with E-state index in [0.717, 1.165) is 19.3 Å². The number of unbranched alkanes of at least 4 members (excludes halogenated alkanes) is 2. The van der Waals surface area contributed by atoms with Crippen molar-refractivity contribution in [3.05, 3.63) is 35.9 Å². The topological polar surface area (TPSA) is 57.5 Å². The summed E-state index contributed by atoms with van der Waals surface area (Å²) in [5.41, 5.74) is 0.491. The van der Waals surface area contributed by atoms with E-state index in [0.29, 0.717) is 12.0 Å². The van der Waals surface area contributed by atoms with E-state index in [4.69, 9.17) is 0 Å². The van der Waals surface area contributed by atoms with Crippen LogP contribution in [0.1, 0.15) is 49.4 Å². The molecule has 18 heavy (non-hydrogen) atoms. The minimum atomic E-state index is -1.11. The average molecular weight is 250 g/mol. The van der Waals surface area contributed by atoms with Crippen molar-refractivity contribution in [3.8, 4) is 0 Å². The first-order chi connectivity index (χ1) is 8.65. The van der Waals surface area contributed by atoms with Crippen molar-refractivity contribution in [2.24, 2.45) is 0 Å². The van der Waals surface area contributed by atoms with Crippen LogP contribution in [-0.2, 0) is 0 Å². The quantitative estimate of drug-likeness (QED) is 0.550. The number of ketones is 1. The van der Waals surface area contributed by atoms with Crippen molar-refractivity contribution in [1.29, 1.82) is 0 Å². The number of carbonyl (C=O) groups is 1. The summed E-state index contributed by atoms with van der Waals surface area (Å²) in [5.74, 6) is -0.315. The first-order valence-corrected chi connectivity index (χ1v) is 6.60. The first-order valence-electron chi connectivity index (χ1n) is 6.60. The van der Waals surface area contributed by atoms with E-state index in [2.05, 4.69) is 6.92 Å². The van der Waals surface area contributed by atoms with Crippen LogP contribution in [0.3, 0.4) is 0 Å². The maximum Gasteiger partial charge on any atom is 0.191 e. The third-order valence-corrected chi connectivity index (χ3v) is 3.00. The Balaban J connectivity index is 2.40. The van der Waals surface area contributed by atoms with Crippen LogP contribution < -0.4 is 0 Å². The lowest BCUT2D eigenvalue weighted by atomic mass is 9.99. The molecule has 0 saturated carbocycles. The lowest BCUT2D eigenvalue weighted by Crippen LogP contribution is -2.26. The van der Waals surface area contributed by atoms with Gasteiger partial charge in [-0.15, -0.1) is 0 Å². The molecule has 3 nitrogen and oxygen atoms in total. The Kier molecular flexibility index (Phi) is 6.61. The van der Waals surface area contributed by atoms with Gasteiger partial charge in [0.25, 0.3) is 0 Å². The molecule has 0 radical (unpaired) electrons. The molecule has 3 heteroatoms. The molecular weight excluding hydrogens is 228 g/mol. The van der Waals surface area contributed by atoms with Gasteiger partial charge in [-0.3, -0.25) is 4.79 Å². The van der Waals surface area contributed by atoms with Crippen molar-refractivity contribution in [1.82, 2.24) is 0 Å². The number of benzene rings is 1. The fourth-order valence-electron chi connectivity index (χ4n) is 1.91. The van der Waals surface area contributed by atoms with Gasteiger partial charge < -0.3 is 10.2 Å². The zero-order chi connectivity index (χ0) is 13.4. The minimum absolute atomic E-state index is 0.122. The fraction of sp³-hybridized carbons (Fsp3) is 0.533. The number of Topliss-reactive ketones (excluding diaryl/α,β-unsaturated/α-hetero) is 1. The van der Waals surface area contributed by atoms with Gasteiger partial charge in [0, 0.05) is 12.0 Å². The fourth-order valence-corrected chi connectivity index (χ4v) is 1.91. The van der Waals surface area contributed by atoms with E-state index in [9.17, 15) is 15.0 Å². The van der Waals surface area contributed by atoms with Gasteiger partial charge in [-0.25, -0.2) is 0 Å². The Morgan fingerprint density at radius 2 is 1.83 bits per heavy atom. The van der Waals surface area contributed by atoms with Gasteiger partial charge in [-0.05, 0) is 6.42 Å². The molecule has 0 aliphatic heterocycles. The average Bonchev–Trinajstić information content (AvgIpc) is 2.39. The molecule has 0 aliphatic carbocycles. The molecule has 2 atom stereocenters. The first kappa shape index (κ1) is 14.9. The summed E-state index contributed by atoms with van der Waals surface area (Å²) in [7, 11) is 0. The molecule has 0 spiro atoms. The van der Waals surface area contributed by atoms with Crippen LogP contribution in [0.25, 0.3) is 0 Å². The number of aliphatic hydroxyl groups excluding tert-OH is 2. The molecule has 0 amide bonds. The van der Waals surface area contributed by atoms with E-state index in [1.54, 1.807) is 24.3 Å². The van der Waals surface area contributed by atoms with Crippen LogP contribution in [0, 0.1) is 0 Å². The molecule has 2 unspecified atom stereocenters. The van der Waals surface area contributed by atoms with Gasteiger partial charge in [0.1, 0.15) is 6.10 Å². The molecule has 0 aromatic heterocycles. The van der Waals surface area contributed by atoms with Gasteiger partial charge in [0.2, 0.25) is 0 Å². The molecule has 0 bridgehead atoms. The van der Waals surface area contributed by atoms with Gasteiger partial charge in [-0.2, -0.15) is 0 Å². The van der Waals surface area contributed by atoms with Crippen LogP contribution in [0.2, 0.25) is 0 Å². The second-order valence-corrected chi connectivity index (χ2v) is 4.63. The lowest BCUT2D eigenvalue weighted by molar-refractivity contribution is 0.0533. The molecule has 1 rings (SSSR count). The second kappa shape index (κ2) is 8.01. The van der Waals surface area contributed by atoms with Gasteiger partial charge in [-0.1, -0.05) is 56.5 Å². The van der Waals surface area contributed by atoms with Crippen molar-refractivity contribution >= 4 is 5.78 Å². The van der Waals surface area contributed by atoms with E-state index < -0.39 is 12.2 Å². The van der Waals surface area contributed by atoms with Crippen molar-refractivity contribution in [3.63, 3.8) is 0 Å². The Morgan fingerprint density at radius 1 is 1.17 bits per heavy atom. The number of aliphatic hydroxyl groups is 2. The van der Waals surface area contributed by atoms with Gasteiger partial charge >= 0.3 is 0 Å². The summed E-state index contributed by atoms with van der Waals surface area (Å²) in [6.07, 6.45) is 2.16. The second-order valence-electron chi connectivity index (χ2n) is 4.63. The number of rotatable bonds is 8. The third kappa shape index (κ3) is 4.98. The predicted molar refractivity (Wildman–Crippen MR) is 71.5 cm³/mol. The Hall–Kier alpha value is -1.19. The molecule has 0 saturated heterocycles. The van der Waals surface area contributed by atoms with Gasteiger partial charge in [0.05, 0.1) is 6.10 Å². The maximum atomic E-state index is 11.8. The van der Waals surface area contributed by atoms with Crippen molar-refractivity contribution < 1.29 is 15.0 Å². The highest BCUT2D eigenvalue weighted by Crippen LogP contribution is 2.12. The maximum absolute atomic E-state index is 11.8. The lowest BCUT2D eigenvalue weighted by Gasteiger charge is -2.14. The molecule has 0 fully saturated rings. The van der Waals surface area contributed by atoms with E-state index in [1.807, 2.05) is 6.07 Å². The highest BCUT2D eigenvalue weighted by molar-refractivity contribution is 5.99. The predicted octanol–water partition coefficient (Wildman–Crippen LogP) is 2.56. The highest BCUT2D eigenvalue weighted by Gasteiger charge is 2.20. The SMILES string of the molecule is CCCCCC(O)CC(O)C(=O)c1ccccc1. The number of carbonyl (C=O) groups excluding carboxylic acids is 1. The molecule has 1 aromatic carbocycles. The molecule has 0 heterocycles. The summed E-state index contributed by atoms with van der Waals surface area (Å²) in [6.45, 7) is 2.10. The van der Waals surface area contributed by atoms with E-state index in [-0.39, 0.29) is 12.2 Å². The van der Waals surface area contributed by atoms with Crippen LogP contribution in [0.5, 0.6) is 0 Å². The Labute approximate surface area is 108 Å². The van der Waals surface area contributed by atoms with Crippen LogP contribution in [0.4, 0.5) is 0 Å². The molecule has 1 aromatic rings. The molecule has 2 N–H and O–H groups in total. The van der Waals surface area contributed by atoms with Gasteiger partial charge in [0.15, 0.2) is 5.78 Å². The van der Waals surface area contributed by atoms with Crippen molar-refractivity contribution in [2.45, 2.75) is 51.2 Å². The molecule has 0 aliphatic rings. The van der Waals surface area contributed by atoms with E-state index >= 15 is 0 Å². The molecular formula is C15H22O3. The third-order valence-electron chi connectivity index (χ3n) is 3.00. The standard InChI is InChI=1S/C15H22O3/c1-2-3-5-10-13(16)11-14(17)15(18)12-8-6-4-7-9-12/h4,6-9,13-14,16-17H,2-3,5,10-11H2,1H3. The largest absolute Gasteiger partial charge is 0.393 e. The van der Waals surface area contributed by atoms with E-state index in [1.165, 1.54) is 0 Å². The summed E-state index contributed by atoms with van der Waals surface area (Å²) >= 11 is 0. The monoisotopic (exact) mass is 250 g/mol. The summed E-state index contributed by atoms with van der Waals surface area (Å²) < 4.78 is 0.